The van der Waals surface area contributed by atoms with E-state index in [9.17, 15) is 4.39 Å². The quantitative estimate of drug-likeness (QED) is 0.605. The summed E-state index contributed by atoms with van der Waals surface area (Å²) in [7, 11) is 1.59. The van der Waals surface area contributed by atoms with Crippen LogP contribution >= 0.6 is 0 Å². The van der Waals surface area contributed by atoms with Crippen LogP contribution < -0.4 is 15.0 Å². The van der Waals surface area contributed by atoms with Crippen molar-refractivity contribution in [1.29, 1.82) is 0 Å². The molecular weight excluding hydrogens is 289 g/mol. The molecule has 6 nitrogen and oxygen atoms in total. The van der Waals surface area contributed by atoms with Gasteiger partial charge in [-0.15, -0.1) is 6.58 Å². The van der Waals surface area contributed by atoms with Crippen LogP contribution in [-0.4, -0.2) is 22.3 Å². The molecule has 1 heterocycles. The Morgan fingerprint density at radius 1 is 1.45 bits per heavy atom. The first kappa shape index (κ1) is 15.7. The van der Waals surface area contributed by atoms with Crippen LogP contribution in [0.5, 0.6) is 11.8 Å². The number of halogens is 1. The Hall–Kier alpha value is -2.67. The molecule has 22 heavy (non-hydrogen) atoms. The third-order valence-electron chi connectivity index (χ3n) is 2.98. The van der Waals surface area contributed by atoms with Crippen LogP contribution in [0.4, 0.5) is 10.2 Å². The van der Waals surface area contributed by atoms with E-state index in [1.807, 2.05) is 18.2 Å². The van der Waals surface area contributed by atoms with Crippen molar-refractivity contribution in [2.75, 3.05) is 12.6 Å². The first-order valence-corrected chi connectivity index (χ1v) is 6.50. The lowest BCUT2D eigenvalue weighted by Crippen LogP contribution is -2.06. The van der Waals surface area contributed by atoms with Crippen molar-refractivity contribution >= 4 is 5.82 Å². The molecular formula is C15H16FN3O3. The number of hydrogen-bond donors (Lipinski definition) is 2. The second kappa shape index (κ2) is 7.37. The van der Waals surface area contributed by atoms with E-state index >= 15 is 0 Å². The Morgan fingerprint density at radius 2 is 2.27 bits per heavy atom. The van der Waals surface area contributed by atoms with Crippen LogP contribution in [0.25, 0.3) is 0 Å². The van der Waals surface area contributed by atoms with Crippen molar-refractivity contribution in [2.24, 2.45) is 0 Å². The van der Waals surface area contributed by atoms with Crippen molar-refractivity contribution in [1.82, 2.24) is 9.97 Å². The molecule has 0 spiro atoms. The molecule has 0 amide bonds. The van der Waals surface area contributed by atoms with Crippen molar-refractivity contribution < 1.29 is 19.1 Å². The molecule has 7 heteroatoms. The summed E-state index contributed by atoms with van der Waals surface area (Å²) >= 11 is 0. The van der Waals surface area contributed by atoms with Gasteiger partial charge in [-0.25, -0.2) is 14.9 Å². The van der Waals surface area contributed by atoms with E-state index in [0.717, 1.165) is 23.1 Å². The minimum Gasteiger partial charge on any atom is -0.496 e. The molecule has 0 aliphatic rings. The summed E-state index contributed by atoms with van der Waals surface area (Å²) < 4.78 is 23.9. The Balaban J connectivity index is 2.19. The Morgan fingerprint density at radius 3 is 2.95 bits per heavy atom. The van der Waals surface area contributed by atoms with Crippen LogP contribution in [0.3, 0.4) is 0 Å². The topological polar surface area (TPSA) is 76.5 Å². The molecule has 0 saturated carbocycles. The highest BCUT2D eigenvalue weighted by Crippen LogP contribution is 2.24. The molecule has 0 saturated heterocycles. The number of methoxy groups -OCH3 is 1. The maximum absolute atomic E-state index is 13.2. The van der Waals surface area contributed by atoms with Gasteiger partial charge >= 0.3 is 6.01 Å². The number of rotatable bonds is 7. The van der Waals surface area contributed by atoms with Crippen LogP contribution in [0, 0.1) is 5.82 Å². The van der Waals surface area contributed by atoms with Gasteiger partial charge in [-0.2, -0.15) is 4.98 Å². The highest BCUT2D eigenvalue weighted by Gasteiger charge is 2.11. The minimum atomic E-state index is -0.774. The lowest BCUT2D eigenvalue weighted by molar-refractivity contribution is 0.276. The third-order valence-corrected chi connectivity index (χ3v) is 2.98. The highest BCUT2D eigenvalue weighted by atomic mass is 19.1. The summed E-state index contributed by atoms with van der Waals surface area (Å²) in [6.07, 6.45) is 3.30. The van der Waals surface area contributed by atoms with E-state index in [1.165, 1.54) is 0 Å². The number of ether oxygens (including phenoxy) is 2. The predicted octanol–water partition coefficient (Wildman–Crippen LogP) is 2.73. The minimum absolute atomic E-state index is 0.0506. The Kier molecular flexibility index (Phi) is 5.26. The molecule has 0 fully saturated rings. The maximum atomic E-state index is 13.2. The van der Waals surface area contributed by atoms with Gasteiger partial charge in [-0.3, -0.25) is 5.21 Å². The largest absolute Gasteiger partial charge is 0.496 e. The number of nitrogens with one attached hydrogen (secondary N) is 1. The molecule has 0 bridgehead atoms. The predicted molar refractivity (Wildman–Crippen MR) is 78.6 cm³/mol. The number of allylic oxidation sites excluding steroid dienone is 1. The Bertz CT molecular complexity index is 664. The molecule has 0 atom stereocenters. The van der Waals surface area contributed by atoms with Gasteiger partial charge in [-0.05, 0) is 18.1 Å². The maximum Gasteiger partial charge on any atom is 0.318 e. The van der Waals surface area contributed by atoms with Crippen molar-refractivity contribution in [3.05, 3.63) is 54.0 Å². The second-order valence-electron chi connectivity index (χ2n) is 4.34. The Labute approximate surface area is 127 Å². The molecule has 116 valence electrons. The molecule has 0 aliphatic carbocycles. The zero-order chi connectivity index (χ0) is 15.9. The fourth-order valence-electron chi connectivity index (χ4n) is 1.95. The summed E-state index contributed by atoms with van der Waals surface area (Å²) in [6, 6.07) is 5.53. The van der Waals surface area contributed by atoms with Gasteiger partial charge in [0.05, 0.1) is 13.3 Å². The molecule has 2 N–H and O–H groups in total. The summed E-state index contributed by atoms with van der Waals surface area (Å²) in [6.45, 7) is 3.90. The summed E-state index contributed by atoms with van der Waals surface area (Å²) in [4.78, 5) is 7.41. The molecule has 0 radical (unpaired) electrons. The van der Waals surface area contributed by atoms with Crippen LogP contribution in [0.1, 0.15) is 11.1 Å². The van der Waals surface area contributed by atoms with Gasteiger partial charge in [0.2, 0.25) is 0 Å². The van der Waals surface area contributed by atoms with Gasteiger partial charge in [0, 0.05) is 5.56 Å². The summed E-state index contributed by atoms with van der Waals surface area (Å²) in [5.74, 6) is -0.385. The zero-order valence-corrected chi connectivity index (χ0v) is 12.0. The van der Waals surface area contributed by atoms with E-state index in [1.54, 1.807) is 18.7 Å². The lowest BCUT2D eigenvalue weighted by atomic mass is 10.0. The van der Waals surface area contributed by atoms with Gasteiger partial charge < -0.3 is 9.47 Å². The number of anilines is 1. The first-order chi connectivity index (χ1) is 10.7. The molecule has 0 aliphatic heterocycles. The number of benzene rings is 1. The smallest absolute Gasteiger partial charge is 0.318 e. The second-order valence-corrected chi connectivity index (χ2v) is 4.34. The fourth-order valence-corrected chi connectivity index (χ4v) is 1.95. The highest BCUT2D eigenvalue weighted by molar-refractivity contribution is 5.41. The first-order valence-electron chi connectivity index (χ1n) is 6.50. The summed E-state index contributed by atoms with van der Waals surface area (Å²) in [5, 5.41) is 8.75. The molecule has 2 rings (SSSR count). The number of nitrogens with zero attached hydrogens (tertiary/aromatic N) is 2. The van der Waals surface area contributed by atoms with Gasteiger partial charge in [-0.1, -0.05) is 18.2 Å². The monoisotopic (exact) mass is 305 g/mol. The zero-order valence-electron chi connectivity index (χ0n) is 12.0. The van der Waals surface area contributed by atoms with Crippen molar-refractivity contribution in [2.45, 2.75) is 13.0 Å². The molecule has 1 aromatic carbocycles. The number of aromatic nitrogens is 2. The molecule has 1 aromatic heterocycles. The van der Waals surface area contributed by atoms with Crippen LogP contribution in [0.15, 0.2) is 37.1 Å². The van der Waals surface area contributed by atoms with E-state index in [4.69, 9.17) is 14.7 Å². The average Bonchev–Trinajstić information content (AvgIpc) is 2.55. The van der Waals surface area contributed by atoms with E-state index < -0.39 is 5.82 Å². The van der Waals surface area contributed by atoms with E-state index in [2.05, 4.69) is 16.5 Å². The third kappa shape index (κ3) is 3.50. The van der Waals surface area contributed by atoms with E-state index in [0.29, 0.717) is 6.42 Å². The molecule has 0 unspecified atom stereocenters. The van der Waals surface area contributed by atoms with E-state index in [-0.39, 0.29) is 18.4 Å². The molecule has 2 aromatic rings. The van der Waals surface area contributed by atoms with Crippen LogP contribution in [0.2, 0.25) is 0 Å². The average molecular weight is 305 g/mol. The van der Waals surface area contributed by atoms with Crippen LogP contribution in [-0.2, 0) is 13.0 Å². The summed E-state index contributed by atoms with van der Waals surface area (Å²) in [5.41, 5.74) is 3.47. The standard InChI is InChI=1S/C15H16FN3O3/c1-3-5-11-10(6-4-7-13(11)21-2)9-22-15-17-8-12(16)14(18-15)19-20/h3-4,6-8,20H,1,5,9H2,2H3,(H,17,18,19). The number of hydrogen-bond acceptors (Lipinski definition) is 6. The van der Waals surface area contributed by atoms with Gasteiger partial charge in [0.15, 0.2) is 11.6 Å². The van der Waals surface area contributed by atoms with Gasteiger partial charge in [0.1, 0.15) is 12.4 Å². The lowest BCUT2D eigenvalue weighted by Gasteiger charge is -2.13. The SMILES string of the molecule is C=CCc1c(COc2ncc(F)c(NO)n2)cccc1OC. The van der Waals surface area contributed by atoms with Crippen molar-refractivity contribution in [3.8, 4) is 11.8 Å². The fraction of sp³-hybridized carbons (Fsp3) is 0.200. The normalized spacial score (nSPS) is 10.1. The van der Waals surface area contributed by atoms with Crippen molar-refractivity contribution in [3.63, 3.8) is 0 Å². The van der Waals surface area contributed by atoms with Gasteiger partial charge in [0.25, 0.3) is 0 Å².